The highest BCUT2D eigenvalue weighted by Crippen LogP contribution is 2.39. The van der Waals surface area contributed by atoms with E-state index in [1.807, 2.05) is 0 Å². The second kappa shape index (κ2) is 2.37. The summed E-state index contributed by atoms with van der Waals surface area (Å²) in [6, 6.07) is 0. The van der Waals surface area contributed by atoms with Gasteiger partial charge in [0, 0.05) is 12.3 Å². The van der Waals surface area contributed by atoms with Gasteiger partial charge in [0.2, 0.25) is 0 Å². The summed E-state index contributed by atoms with van der Waals surface area (Å²) in [5.41, 5.74) is 0. The Balaban J connectivity index is 2.10. The van der Waals surface area contributed by atoms with Crippen LogP contribution in [0.25, 0.3) is 0 Å². The van der Waals surface area contributed by atoms with Crippen molar-refractivity contribution in [1.82, 2.24) is 0 Å². The fraction of sp³-hybridized carbons (Fsp3) is 0.889. The third-order valence-electron chi connectivity index (χ3n) is 3.07. The molecule has 1 nitrogen and oxygen atoms in total. The van der Waals surface area contributed by atoms with Gasteiger partial charge in [-0.05, 0) is 31.6 Å². The van der Waals surface area contributed by atoms with Crippen LogP contribution >= 0.6 is 0 Å². The van der Waals surface area contributed by atoms with Crippen LogP contribution < -0.4 is 0 Å². The van der Waals surface area contributed by atoms with Crippen molar-refractivity contribution in [3.63, 3.8) is 0 Å². The Kier molecular flexibility index (Phi) is 1.51. The van der Waals surface area contributed by atoms with Crippen LogP contribution in [-0.2, 0) is 4.79 Å². The van der Waals surface area contributed by atoms with E-state index in [9.17, 15) is 4.79 Å². The van der Waals surface area contributed by atoms with Gasteiger partial charge in [-0.2, -0.15) is 0 Å². The first-order valence-electron chi connectivity index (χ1n) is 4.40. The molecular formula is C9H14O. The van der Waals surface area contributed by atoms with Gasteiger partial charge in [-0.1, -0.05) is 6.42 Å². The molecule has 1 heteroatoms. The smallest absolute Gasteiger partial charge is 0.136 e. The van der Waals surface area contributed by atoms with Gasteiger partial charge in [-0.25, -0.2) is 0 Å². The lowest BCUT2D eigenvalue weighted by atomic mass is 9.81. The summed E-state index contributed by atoms with van der Waals surface area (Å²) in [7, 11) is 0. The van der Waals surface area contributed by atoms with E-state index >= 15 is 0 Å². The molecule has 0 heterocycles. The summed E-state index contributed by atoms with van der Waals surface area (Å²) in [6.45, 7) is 0. The molecule has 2 atom stereocenters. The van der Waals surface area contributed by atoms with Crippen molar-refractivity contribution in [3.8, 4) is 0 Å². The lowest BCUT2D eigenvalue weighted by Gasteiger charge is -2.23. The third-order valence-corrected chi connectivity index (χ3v) is 3.07. The van der Waals surface area contributed by atoms with Crippen LogP contribution in [0.5, 0.6) is 0 Å². The number of carbonyl (C=O) groups excluding carboxylic acids is 1. The average molecular weight is 138 g/mol. The van der Waals surface area contributed by atoms with Gasteiger partial charge >= 0.3 is 0 Å². The zero-order chi connectivity index (χ0) is 6.97. The first-order chi connectivity index (χ1) is 4.88. The molecule has 0 aromatic carbocycles. The van der Waals surface area contributed by atoms with Gasteiger partial charge in [0.1, 0.15) is 5.78 Å². The minimum absolute atomic E-state index is 0.494. The van der Waals surface area contributed by atoms with Crippen molar-refractivity contribution in [2.24, 2.45) is 11.8 Å². The van der Waals surface area contributed by atoms with Gasteiger partial charge in [0.05, 0.1) is 0 Å². The van der Waals surface area contributed by atoms with Crippen molar-refractivity contribution in [2.45, 2.75) is 38.5 Å². The van der Waals surface area contributed by atoms with Gasteiger partial charge < -0.3 is 0 Å². The van der Waals surface area contributed by atoms with Crippen molar-refractivity contribution >= 4 is 5.78 Å². The van der Waals surface area contributed by atoms with Crippen molar-refractivity contribution in [1.29, 1.82) is 0 Å². The molecule has 0 aromatic rings. The van der Waals surface area contributed by atoms with Crippen LogP contribution in [0.3, 0.4) is 0 Å². The number of fused-ring (bicyclic) bond motifs is 1. The van der Waals surface area contributed by atoms with Crippen LogP contribution in [-0.4, -0.2) is 5.78 Å². The van der Waals surface area contributed by atoms with E-state index in [0.717, 1.165) is 12.3 Å². The molecule has 10 heavy (non-hydrogen) atoms. The molecule has 0 unspecified atom stereocenters. The normalized spacial score (nSPS) is 39.8. The Labute approximate surface area is 61.8 Å². The largest absolute Gasteiger partial charge is 0.299 e. The highest BCUT2D eigenvalue weighted by molar-refractivity contribution is 5.82. The Hall–Kier alpha value is -0.330. The summed E-state index contributed by atoms with van der Waals surface area (Å²) in [4.78, 5) is 11.3. The Bertz CT molecular complexity index is 151. The van der Waals surface area contributed by atoms with Crippen LogP contribution in [0, 0.1) is 11.8 Å². The van der Waals surface area contributed by atoms with E-state index in [1.165, 1.54) is 32.1 Å². The standard InChI is InChI=1S/C9H14O/c10-9-6-2-4-7-3-1-5-8(7)9/h7-8H,1-6H2/t7-,8-/m1/s1. The zero-order valence-electron chi connectivity index (χ0n) is 6.31. The van der Waals surface area contributed by atoms with Gasteiger partial charge in [0.15, 0.2) is 0 Å². The second-order valence-corrected chi connectivity index (χ2v) is 3.66. The van der Waals surface area contributed by atoms with Crippen LogP contribution in [0.1, 0.15) is 38.5 Å². The average Bonchev–Trinajstić information content (AvgIpc) is 2.36. The fourth-order valence-corrected chi connectivity index (χ4v) is 2.53. The SMILES string of the molecule is O=C1CCC[C@H]2CCC[C@@H]12. The molecule has 2 saturated carbocycles. The van der Waals surface area contributed by atoms with E-state index in [0.29, 0.717) is 11.7 Å². The van der Waals surface area contributed by atoms with Crippen molar-refractivity contribution < 1.29 is 4.79 Å². The zero-order valence-corrected chi connectivity index (χ0v) is 6.31. The van der Waals surface area contributed by atoms with Gasteiger partial charge in [-0.15, -0.1) is 0 Å². The molecule has 0 amide bonds. The van der Waals surface area contributed by atoms with E-state index in [4.69, 9.17) is 0 Å². The lowest BCUT2D eigenvalue weighted by Crippen LogP contribution is -2.23. The third kappa shape index (κ3) is 0.882. The molecule has 0 aliphatic heterocycles. The Morgan fingerprint density at radius 2 is 1.90 bits per heavy atom. The topological polar surface area (TPSA) is 17.1 Å². The predicted octanol–water partition coefficient (Wildman–Crippen LogP) is 2.16. The molecule has 2 aliphatic rings. The maximum Gasteiger partial charge on any atom is 0.136 e. The lowest BCUT2D eigenvalue weighted by molar-refractivity contribution is -0.125. The summed E-state index contributed by atoms with van der Waals surface area (Å²) >= 11 is 0. The van der Waals surface area contributed by atoms with Crippen LogP contribution in [0.15, 0.2) is 0 Å². The Morgan fingerprint density at radius 1 is 1.10 bits per heavy atom. The summed E-state index contributed by atoms with van der Waals surface area (Å²) in [5.74, 6) is 1.85. The summed E-state index contributed by atoms with van der Waals surface area (Å²) < 4.78 is 0. The van der Waals surface area contributed by atoms with E-state index in [1.54, 1.807) is 0 Å². The van der Waals surface area contributed by atoms with Gasteiger partial charge in [0.25, 0.3) is 0 Å². The van der Waals surface area contributed by atoms with Crippen LogP contribution in [0.4, 0.5) is 0 Å². The molecule has 0 bridgehead atoms. The number of rotatable bonds is 0. The molecule has 2 fully saturated rings. The fourth-order valence-electron chi connectivity index (χ4n) is 2.53. The molecule has 2 aliphatic carbocycles. The number of hydrogen-bond donors (Lipinski definition) is 0. The number of Topliss-reactive ketones (excluding diaryl/α,β-unsaturated/α-hetero) is 1. The number of hydrogen-bond acceptors (Lipinski definition) is 1. The molecule has 56 valence electrons. The highest BCUT2D eigenvalue weighted by Gasteiger charge is 2.34. The van der Waals surface area contributed by atoms with E-state index < -0.39 is 0 Å². The quantitative estimate of drug-likeness (QED) is 0.501. The molecule has 0 aromatic heterocycles. The first-order valence-corrected chi connectivity index (χ1v) is 4.40. The molecule has 0 N–H and O–H groups in total. The van der Waals surface area contributed by atoms with E-state index in [-0.39, 0.29) is 0 Å². The Morgan fingerprint density at radius 3 is 2.70 bits per heavy atom. The van der Waals surface area contributed by atoms with Crippen molar-refractivity contribution in [2.75, 3.05) is 0 Å². The van der Waals surface area contributed by atoms with Crippen LogP contribution in [0.2, 0.25) is 0 Å². The first kappa shape index (κ1) is 6.38. The predicted molar refractivity (Wildman–Crippen MR) is 39.7 cm³/mol. The second-order valence-electron chi connectivity index (χ2n) is 3.66. The highest BCUT2D eigenvalue weighted by atomic mass is 16.1. The summed E-state index contributed by atoms with van der Waals surface area (Å²) in [5, 5.41) is 0. The summed E-state index contributed by atoms with van der Waals surface area (Å²) in [6.07, 6.45) is 7.21. The molecule has 2 rings (SSSR count). The number of ketones is 1. The minimum Gasteiger partial charge on any atom is -0.299 e. The molecule has 0 spiro atoms. The van der Waals surface area contributed by atoms with Gasteiger partial charge in [-0.3, -0.25) is 4.79 Å². The minimum atomic E-state index is 0.494. The van der Waals surface area contributed by atoms with Crippen molar-refractivity contribution in [3.05, 3.63) is 0 Å². The molecule has 0 saturated heterocycles. The van der Waals surface area contributed by atoms with E-state index in [2.05, 4.69) is 0 Å². The monoisotopic (exact) mass is 138 g/mol. The molecule has 0 radical (unpaired) electrons. The molecular weight excluding hydrogens is 124 g/mol. The maximum absolute atomic E-state index is 11.3. The maximum atomic E-state index is 11.3. The number of carbonyl (C=O) groups is 1.